The zero-order valence-electron chi connectivity index (χ0n) is 10.9. The number of nitrogens with one attached hydrogen (secondary N) is 1. The monoisotopic (exact) mass is 316 g/mol. The van der Waals surface area contributed by atoms with E-state index in [2.05, 4.69) is 10.3 Å². The molecule has 1 aromatic heterocycles. The topological polar surface area (TPSA) is 62.2 Å². The van der Waals surface area contributed by atoms with Crippen molar-refractivity contribution in [2.75, 3.05) is 5.32 Å². The number of anilines is 1. The molecule has 0 saturated carbocycles. The van der Waals surface area contributed by atoms with Gasteiger partial charge in [0.1, 0.15) is 0 Å². The van der Waals surface area contributed by atoms with Crippen molar-refractivity contribution in [2.24, 2.45) is 0 Å². The van der Waals surface area contributed by atoms with Crippen LogP contribution in [0.3, 0.4) is 0 Å². The lowest BCUT2D eigenvalue weighted by atomic mass is 10.1. The van der Waals surface area contributed by atoms with Gasteiger partial charge in [-0.05, 0) is 25.1 Å². The molecule has 2 aromatic rings. The van der Waals surface area contributed by atoms with Crippen molar-refractivity contribution >= 4 is 23.0 Å². The first kappa shape index (κ1) is 15.3. The van der Waals surface area contributed by atoms with E-state index in [-0.39, 0.29) is 0 Å². The second-order valence-electron chi connectivity index (χ2n) is 4.27. The van der Waals surface area contributed by atoms with Crippen LogP contribution in [0.2, 0.25) is 0 Å². The van der Waals surface area contributed by atoms with E-state index in [0.717, 1.165) is 22.8 Å². The van der Waals surface area contributed by atoms with E-state index in [1.165, 1.54) is 17.4 Å². The summed E-state index contributed by atoms with van der Waals surface area (Å²) in [5.74, 6) is -1.62. The van der Waals surface area contributed by atoms with Crippen LogP contribution in [-0.2, 0) is 12.7 Å². The van der Waals surface area contributed by atoms with Crippen molar-refractivity contribution in [2.45, 2.75) is 19.6 Å². The number of carboxylic acid groups (broad SMARTS) is 1. The minimum Gasteiger partial charge on any atom is -0.478 e. The molecule has 0 aliphatic heterocycles. The highest BCUT2D eigenvalue weighted by Gasteiger charge is 2.35. The fourth-order valence-electron chi connectivity index (χ4n) is 1.76. The summed E-state index contributed by atoms with van der Waals surface area (Å²) in [7, 11) is 0. The number of benzene rings is 1. The van der Waals surface area contributed by atoms with E-state index in [0.29, 0.717) is 12.2 Å². The van der Waals surface area contributed by atoms with Gasteiger partial charge in [0.25, 0.3) is 0 Å². The van der Waals surface area contributed by atoms with Crippen molar-refractivity contribution < 1.29 is 23.1 Å². The van der Waals surface area contributed by atoms with E-state index in [9.17, 15) is 18.0 Å². The summed E-state index contributed by atoms with van der Waals surface area (Å²) in [6.45, 7) is 2.16. The first-order valence-corrected chi connectivity index (χ1v) is 6.75. The van der Waals surface area contributed by atoms with Gasteiger partial charge in [-0.25, -0.2) is 9.78 Å². The Morgan fingerprint density at radius 2 is 2.14 bits per heavy atom. The highest BCUT2D eigenvalue weighted by molar-refractivity contribution is 7.09. The largest absolute Gasteiger partial charge is 0.478 e. The third-order valence-electron chi connectivity index (χ3n) is 2.70. The molecule has 21 heavy (non-hydrogen) atoms. The zero-order chi connectivity index (χ0) is 15.6. The molecule has 112 valence electrons. The Kier molecular flexibility index (Phi) is 4.17. The average Bonchev–Trinajstić information content (AvgIpc) is 2.80. The minimum atomic E-state index is -4.70. The standard InChI is InChI=1S/C13H11F3N2O2S/c1-7-18-9(6-21-7)5-17-8-2-3-11(13(14,15)16)10(4-8)12(19)20/h2-4,6,17H,5H2,1H3,(H,19,20). The zero-order valence-corrected chi connectivity index (χ0v) is 11.7. The van der Waals surface area contributed by atoms with Crippen LogP contribution in [-0.4, -0.2) is 16.1 Å². The van der Waals surface area contributed by atoms with Gasteiger partial charge in [0.05, 0.1) is 28.4 Å². The Balaban J connectivity index is 2.22. The number of hydrogen-bond donors (Lipinski definition) is 2. The van der Waals surface area contributed by atoms with Crippen molar-refractivity contribution in [3.8, 4) is 0 Å². The highest BCUT2D eigenvalue weighted by atomic mass is 32.1. The first-order valence-electron chi connectivity index (χ1n) is 5.87. The molecule has 0 bridgehead atoms. The van der Waals surface area contributed by atoms with Crippen LogP contribution < -0.4 is 5.32 Å². The van der Waals surface area contributed by atoms with Gasteiger partial charge < -0.3 is 10.4 Å². The summed E-state index contributed by atoms with van der Waals surface area (Å²) in [6, 6.07) is 2.94. The van der Waals surface area contributed by atoms with Crippen LogP contribution in [0.1, 0.15) is 26.6 Å². The van der Waals surface area contributed by atoms with Gasteiger partial charge in [-0.1, -0.05) is 0 Å². The number of alkyl halides is 3. The van der Waals surface area contributed by atoms with Gasteiger partial charge in [0, 0.05) is 11.1 Å². The fourth-order valence-corrected chi connectivity index (χ4v) is 2.37. The van der Waals surface area contributed by atoms with Crippen molar-refractivity contribution in [1.29, 1.82) is 0 Å². The third-order valence-corrected chi connectivity index (χ3v) is 3.52. The van der Waals surface area contributed by atoms with E-state index >= 15 is 0 Å². The predicted molar refractivity (Wildman–Crippen MR) is 72.6 cm³/mol. The Morgan fingerprint density at radius 1 is 1.43 bits per heavy atom. The molecule has 0 amide bonds. The van der Waals surface area contributed by atoms with E-state index < -0.39 is 23.3 Å². The average molecular weight is 316 g/mol. The molecule has 0 spiro atoms. The molecule has 0 unspecified atom stereocenters. The summed E-state index contributed by atoms with van der Waals surface area (Å²) in [4.78, 5) is 15.2. The number of hydrogen-bond acceptors (Lipinski definition) is 4. The lowest BCUT2D eigenvalue weighted by Gasteiger charge is -2.12. The van der Waals surface area contributed by atoms with Gasteiger partial charge in [0.2, 0.25) is 0 Å². The number of carbonyl (C=O) groups is 1. The Hall–Kier alpha value is -2.09. The number of rotatable bonds is 4. The summed E-state index contributed by atoms with van der Waals surface area (Å²) in [5, 5.41) is 14.5. The van der Waals surface area contributed by atoms with Crippen LogP contribution in [0.5, 0.6) is 0 Å². The first-order chi connectivity index (χ1) is 9.77. The maximum absolute atomic E-state index is 12.7. The molecule has 1 aromatic carbocycles. The summed E-state index contributed by atoms with van der Waals surface area (Å²) in [5.41, 5.74) is -0.896. The highest BCUT2D eigenvalue weighted by Crippen LogP contribution is 2.33. The molecule has 0 aliphatic carbocycles. The van der Waals surface area contributed by atoms with Gasteiger partial charge in [0.15, 0.2) is 0 Å². The molecule has 0 saturated heterocycles. The molecule has 2 N–H and O–H groups in total. The molecular weight excluding hydrogens is 305 g/mol. The number of halogens is 3. The fraction of sp³-hybridized carbons (Fsp3) is 0.231. The van der Waals surface area contributed by atoms with Gasteiger partial charge in [-0.2, -0.15) is 13.2 Å². The molecule has 0 atom stereocenters. The summed E-state index contributed by atoms with van der Waals surface area (Å²) < 4.78 is 38.1. The molecule has 4 nitrogen and oxygen atoms in total. The maximum atomic E-state index is 12.7. The van der Waals surface area contributed by atoms with Crippen LogP contribution in [0.15, 0.2) is 23.6 Å². The number of aromatic nitrogens is 1. The number of aromatic carboxylic acids is 1. The number of nitrogens with zero attached hydrogens (tertiary/aromatic N) is 1. The molecule has 0 aliphatic rings. The smallest absolute Gasteiger partial charge is 0.417 e. The van der Waals surface area contributed by atoms with Crippen LogP contribution in [0, 0.1) is 6.92 Å². The lowest BCUT2D eigenvalue weighted by molar-refractivity contribution is -0.138. The number of aryl methyl sites for hydroxylation is 1. The van der Waals surface area contributed by atoms with Gasteiger partial charge >= 0.3 is 12.1 Å². The third kappa shape index (κ3) is 3.72. The molecule has 2 rings (SSSR count). The molecule has 0 radical (unpaired) electrons. The second-order valence-corrected chi connectivity index (χ2v) is 5.34. The summed E-state index contributed by atoms with van der Waals surface area (Å²) in [6.07, 6.45) is -4.70. The molecule has 1 heterocycles. The van der Waals surface area contributed by atoms with E-state index in [1.54, 1.807) is 0 Å². The number of thiazole rings is 1. The SMILES string of the molecule is Cc1nc(CNc2ccc(C(F)(F)F)c(C(=O)O)c2)cs1. The maximum Gasteiger partial charge on any atom is 0.417 e. The van der Waals surface area contributed by atoms with Crippen molar-refractivity contribution in [3.63, 3.8) is 0 Å². The second kappa shape index (κ2) is 5.72. The van der Waals surface area contributed by atoms with Gasteiger partial charge in [-0.15, -0.1) is 11.3 Å². The Morgan fingerprint density at radius 3 is 2.67 bits per heavy atom. The molecular formula is C13H11F3N2O2S. The Bertz CT molecular complexity index is 668. The predicted octanol–water partition coefficient (Wildman–Crippen LogP) is 3.78. The lowest BCUT2D eigenvalue weighted by Crippen LogP contribution is -2.13. The van der Waals surface area contributed by atoms with Crippen LogP contribution >= 0.6 is 11.3 Å². The number of carboxylic acids is 1. The molecule has 0 fully saturated rings. The minimum absolute atomic E-state index is 0.297. The van der Waals surface area contributed by atoms with Gasteiger partial charge in [-0.3, -0.25) is 0 Å². The van der Waals surface area contributed by atoms with Crippen molar-refractivity contribution in [1.82, 2.24) is 4.98 Å². The van der Waals surface area contributed by atoms with E-state index in [1.807, 2.05) is 12.3 Å². The summed E-state index contributed by atoms with van der Waals surface area (Å²) >= 11 is 1.46. The Labute approximate surface area is 122 Å². The quantitative estimate of drug-likeness (QED) is 0.901. The van der Waals surface area contributed by atoms with Crippen molar-refractivity contribution in [3.05, 3.63) is 45.4 Å². The van der Waals surface area contributed by atoms with E-state index in [4.69, 9.17) is 5.11 Å². The van der Waals surface area contributed by atoms with Crippen LogP contribution in [0.4, 0.5) is 18.9 Å². The normalized spacial score (nSPS) is 11.4. The molecule has 8 heteroatoms. The van der Waals surface area contributed by atoms with Crippen LogP contribution in [0.25, 0.3) is 0 Å².